The van der Waals surface area contributed by atoms with Gasteiger partial charge in [-0.25, -0.2) is 0 Å². The van der Waals surface area contributed by atoms with E-state index in [2.05, 4.69) is 27.3 Å². The van der Waals surface area contributed by atoms with Crippen LogP contribution in [-0.2, 0) is 6.42 Å². The standard InChI is InChI=1S/C13H19N3/c1-3-11-4-2-6-15-13(11)12(5-1)16-9-7-14-8-10-16/h2,4,6,12,14H,1,3,5,7-10H2/t12-/m1/s1. The molecule has 0 bridgehead atoms. The van der Waals surface area contributed by atoms with Crippen LogP contribution in [0.2, 0.25) is 0 Å². The van der Waals surface area contributed by atoms with Crippen molar-refractivity contribution in [3.05, 3.63) is 29.6 Å². The second-order valence-electron chi connectivity index (χ2n) is 4.74. The Balaban J connectivity index is 1.86. The van der Waals surface area contributed by atoms with Crippen LogP contribution in [0.4, 0.5) is 0 Å². The van der Waals surface area contributed by atoms with Crippen LogP contribution in [0.5, 0.6) is 0 Å². The predicted molar refractivity (Wildman–Crippen MR) is 64.4 cm³/mol. The van der Waals surface area contributed by atoms with Gasteiger partial charge in [-0.2, -0.15) is 0 Å². The third-order valence-corrected chi connectivity index (χ3v) is 3.76. The summed E-state index contributed by atoms with van der Waals surface area (Å²) in [6, 6.07) is 4.89. The van der Waals surface area contributed by atoms with Crippen molar-refractivity contribution in [3.8, 4) is 0 Å². The number of fused-ring (bicyclic) bond motifs is 1. The number of hydrogen-bond donors (Lipinski definition) is 1. The highest BCUT2D eigenvalue weighted by atomic mass is 15.2. The summed E-state index contributed by atoms with van der Waals surface area (Å²) >= 11 is 0. The molecule has 16 heavy (non-hydrogen) atoms. The maximum atomic E-state index is 4.61. The number of nitrogens with one attached hydrogen (secondary N) is 1. The smallest absolute Gasteiger partial charge is 0.0607 e. The molecule has 3 heteroatoms. The number of aromatic nitrogens is 1. The highest BCUT2D eigenvalue weighted by Gasteiger charge is 2.27. The molecule has 1 atom stereocenters. The molecule has 0 spiro atoms. The van der Waals surface area contributed by atoms with E-state index in [9.17, 15) is 0 Å². The van der Waals surface area contributed by atoms with Crippen LogP contribution in [0, 0.1) is 0 Å². The van der Waals surface area contributed by atoms with Gasteiger partial charge in [0, 0.05) is 32.4 Å². The Labute approximate surface area is 96.9 Å². The Hall–Kier alpha value is -0.930. The molecule has 1 N–H and O–H groups in total. The monoisotopic (exact) mass is 217 g/mol. The van der Waals surface area contributed by atoms with E-state index in [1.165, 1.54) is 43.6 Å². The number of nitrogens with zero attached hydrogens (tertiary/aromatic N) is 2. The average Bonchev–Trinajstić information content (AvgIpc) is 2.39. The quantitative estimate of drug-likeness (QED) is 0.770. The first-order chi connectivity index (χ1) is 7.95. The molecule has 1 aliphatic carbocycles. The van der Waals surface area contributed by atoms with Crippen molar-refractivity contribution in [2.24, 2.45) is 0 Å². The lowest BCUT2D eigenvalue weighted by molar-refractivity contribution is 0.154. The third kappa shape index (κ3) is 1.85. The van der Waals surface area contributed by atoms with Crippen LogP contribution in [0.15, 0.2) is 18.3 Å². The Kier molecular flexibility index (Phi) is 2.89. The molecule has 3 rings (SSSR count). The number of aryl methyl sites for hydroxylation is 1. The number of hydrogen-bond acceptors (Lipinski definition) is 3. The van der Waals surface area contributed by atoms with Crippen molar-refractivity contribution in [1.82, 2.24) is 15.2 Å². The SMILES string of the molecule is c1cnc2c(c1)CCC[C@H]2N1CCNCC1. The Morgan fingerprint density at radius 2 is 2.19 bits per heavy atom. The molecule has 86 valence electrons. The number of rotatable bonds is 1. The van der Waals surface area contributed by atoms with Gasteiger partial charge in [0.1, 0.15) is 0 Å². The van der Waals surface area contributed by atoms with Gasteiger partial charge < -0.3 is 5.32 Å². The highest BCUT2D eigenvalue weighted by molar-refractivity contribution is 5.25. The van der Waals surface area contributed by atoms with Crippen LogP contribution >= 0.6 is 0 Å². The molecule has 0 saturated carbocycles. The van der Waals surface area contributed by atoms with Gasteiger partial charge in [0.05, 0.1) is 11.7 Å². The molecule has 0 radical (unpaired) electrons. The first-order valence-corrected chi connectivity index (χ1v) is 6.34. The molecule has 2 heterocycles. The lowest BCUT2D eigenvalue weighted by Gasteiger charge is -2.37. The summed E-state index contributed by atoms with van der Waals surface area (Å²) in [5.74, 6) is 0. The molecule has 1 saturated heterocycles. The highest BCUT2D eigenvalue weighted by Crippen LogP contribution is 2.32. The first-order valence-electron chi connectivity index (χ1n) is 6.34. The summed E-state index contributed by atoms with van der Waals surface area (Å²) in [5, 5.41) is 3.42. The molecule has 0 unspecified atom stereocenters. The minimum Gasteiger partial charge on any atom is -0.314 e. The van der Waals surface area contributed by atoms with Gasteiger partial charge in [-0.05, 0) is 30.9 Å². The largest absolute Gasteiger partial charge is 0.314 e. The van der Waals surface area contributed by atoms with Gasteiger partial charge in [-0.3, -0.25) is 9.88 Å². The minimum atomic E-state index is 0.576. The normalized spacial score (nSPS) is 26.4. The van der Waals surface area contributed by atoms with E-state index in [4.69, 9.17) is 0 Å². The maximum absolute atomic E-state index is 4.61. The van der Waals surface area contributed by atoms with Crippen molar-refractivity contribution in [1.29, 1.82) is 0 Å². The van der Waals surface area contributed by atoms with Crippen LogP contribution < -0.4 is 5.32 Å². The van der Waals surface area contributed by atoms with Crippen molar-refractivity contribution in [2.45, 2.75) is 25.3 Å². The number of piperazine rings is 1. The van der Waals surface area contributed by atoms with Crippen LogP contribution in [-0.4, -0.2) is 36.1 Å². The molecule has 1 aromatic heterocycles. The zero-order chi connectivity index (χ0) is 10.8. The molecule has 2 aliphatic rings. The van der Waals surface area contributed by atoms with E-state index in [0.717, 1.165) is 13.1 Å². The van der Waals surface area contributed by atoms with E-state index < -0.39 is 0 Å². The Bertz CT molecular complexity index is 358. The second-order valence-corrected chi connectivity index (χ2v) is 4.74. The summed E-state index contributed by atoms with van der Waals surface area (Å²) in [6.45, 7) is 4.58. The first kappa shape index (κ1) is 10.2. The molecule has 1 fully saturated rings. The van der Waals surface area contributed by atoms with Crippen LogP contribution in [0.25, 0.3) is 0 Å². The second kappa shape index (κ2) is 4.52. The van der Waals surface area contributed by atoms with Gasteiger partial charge in [0.25, 0.3) is 0 Å². The fraction of sp³-hybridized carbons (Fsp3) is 0.615. The summed E-state index contributed by atoms with van der Waals surface area (Å²) in [7, 11) is 0. The summed E-state index contributed by atoms with van der Waals surface area (Å²) < 4.78 is 0. The fourth-order valence-corrected chi connectivity index (χ4v) is 2.93. The summed E-state index contributed by atoms with van der Waals surface area (Å²) in [4.78, 5) is 7.21. The Morgan fingerprint density at radius 1 is 1.31 bits per heavy atom. The summed E-state index contributed by atoms with van der Waals surface area (Å²) in [5.41, 5.74) is 2.81. The van der Waals surface area contributed by atoms with E-state index in [1.54, 1.807) is 0 Å². The van der Waals surface area contributed by atoms with Crippen molar-refractivity contribution in [3.63, 3.8) is 0 Å². The van der Waals surface area contributed by atoms with Crippen molar-refractivity contribution < 1.29 is 0 Å². The van der Waals surface area contributed by atoms with Gasteiger partial charge in [-0.15, -0.1) is 0 Å². The van der Waals surface area contributed by atoms with Crippen LogP contribution in [0.3, 0.4) is 0 Å². The zero-order valence-electron chi connectivity index (χ0n) is 9.65. The van der Waals surface area contributed by atoms with Crippen molar-refractivity contribution >= 4 is 0 Å². The molecule has 3 nitrogen and oxygen atoms in total. The average molecular weight is 217 g/mol. The Morgan fingerprint density at radius 3 is 3.06 bits per heavy atom. The minimum absolute atomic E-state index is 0.576. The fourth-order valence-electron chi connectivity index (χ4n) is 2.93. The molecule has 1 aliphatic heterocycles. The number of pyridine rings is 1. The zero-order valence-corrected chi connectivity index (χ0v) is 9.65. The van der Waals surface area contributed by atoms with Gasteiger partial charge in [0.15, 0.2) is 0 Å². The maximum Gasteiger partial charge on any atom is 0.0607 e. The molecule has 0 aromatic carbocycles. The topological polar surface area (TPSA) is 28.2 Å². The van der Waals surface area contributed by atoms with E-state index >= 15 is 0 Å². The molecular formula is C13H19N3. The predicted octanol–water partition coefficient (Wildman–Crippen LogP) is 1.36. The third-order valence-electron chi connectivity index (χ3n) is 3.76. The van der Waals surface area contributed by atoms with Gasteiger partial charge in [0.2, 0.25) is 0 Å². The van der Waals surface area contributed by atoms with E-state index in [1.807, 2.05) is 6.20 Å². The van der Waals surface area contributed by atoms with E-state index in [-0.39, 0.29) is 0 Å². The van der Waals surface area contributed by atoms with Gasteiger partial charge in [-0.1, -0.05) is 6.07 Å². The molecule has 0 amide bonds. The summed E-state index contributed by atoms with van der Waals surface area (Å²) in [6.07, 6.45) is 5.75. The van der Waals surface area contributed by atoms with Gasteiger partial charge >= 0.3 is 0 Å². The lowest BCUT2D eigenvalue weighted by Crippen LogP contribution is -2.46. The lowest BCUT2D eigenvalue weighted by atomic mass is 9.90. The molecule has 1 aromatic rings. The van der Waals surface area contributed by atoms with E-state index in [0.29, 0.717) is 6.04 Å². The molecular weight excluding hydrogens is 198 g/mol. The van der Waals surface area contributed by atoms with Crippen LogP contribution in [0.1, 0.15) is 30.1 Å². The van der Waals surface area contributed by atoms with Crippen molar-refractivity contribution in [2.75, 3.05) is 26.2 Å².